The highest BCUT2D eigenvalue weighted by atomic mass is 19.1. The van der Waals surface area contributed by atoms with Gasteiger partial charge in [0.05, 0.1) is 5.69 Å². The Morgan fingerprint density at radius 2 is 1.96 bits per heavy atom. The average molecular weight is 353 g/mol. The first-order valence-corrected chi connectivity index (χ1v) is 8.55. The van der Waals surface area contributed by atoms with E-state index in [9.17, 15) is 4.39 Å². The molecule has 0 saturated heterocycles. The van der Waals surface area contributed by atoms with Gasteiger partial charge in [-0.2, -0.15) is 0 Å². The lowest BCUT2D eigenvalue weighted by Gasteiger charge is -2.18. The summed E-state index contributed by atoms with van der Waals surface area (Å²) >= 11 is 0. The first kappa shape index (κ1) is 21.2. The zero-order valence-electron chi connectivity index (χ0n) is 16.1. The second-order valence-corrected chi connectivity index (χ2v) is 6.18. The van der Waals surface area contributed by atoms with Crippen molar-refractivity contribution in [2.45, 2.75) is 13.0 Å². The van der Waals surface area contributed by atoms with Crippen molar-refractivity contribution < 1.29 is 9.13 Å². The van der Waals surface area contributed by atoms with E-state index in [1.165, 1.54) is 0 Å². The van der Waals surface area contributed by atoms with Crippen molar-refractivity contribution in [1.82, 2.24) is 15.5 Å². The van der Waals surface area contributed by atoms with Gasteiger partial charge in [-0.15, -0.1) is 0 Å². The summed E-state index contributed by atoms with van der Waals surface area (Å²) in [5.41, 5.74) is 1.46. The molecule has 0 aliphatic heterocycles. The van der Waals surface area contributed by atoms with E-state index in [1.54, 1.807) is 31.2 Å². The third-order valence-electron chi connectivity index (χ3n) is 3.85. The van der Waals surface area contributed by atoms with Crippen LogP contribution in [0, 0.1) is 5.82 Å². The van der Waals surface area contributed by atoms with Gasteiger partial charge in [-0.25, -0.2) is 4.39 Å². The maximum absolute atomic E-state index is 14.0. The molecule has 0 spiro atoms. The SMILES string of the molecule is CN=C(NCCN(C)CCCOC)NCc1ccc(N(C)C)c(F)c1. The molecule has 0 heterocycles. The molecule has 0 saturated carbocycles. The Hall–Kier alpha value is -1.86. The molecule has 0 amide bonds. The van der Waals surface area contributed by atoms with Crippen molar-refractivity contribution in [2.24, 2.45) is 4.99 Å². The van der Waals surface area contributed by atoms with Crippen LogP contribution in [0.15, 0.2) is 23.2 Å². The predicted molar refractivity (Wildman–Crippen MR) is 103 cm³/mol. The molecule has 0 aliphatic rings. The lowest BCUT2D eigenvalue weighted by Crippen LogP contribution is -2.40. The van der Waals surface area contributed by atoms with Gasteiger partial charge in [-0.3, -0.25) is 4.99 Å². The summed E-state index contributed by atoms with van der Waals surface area (Å²) in [6, 6.07) is 5.26. The summed E-state index contributed by atoms with van der Waals surface area (Å²) in [4.78, 5) is 8.20. The zero-order valence-corrected chi connectivity index (χ0v) is 16.1. The molecule has 0 fully saturated rings. The summed E-state index contributed by atoms with van der Waals surface area (Å²) in [6.45, 7) is 4.00. The Labute approximate surface area is 151 Å². The molecule has 0 unspecified atom stereocenters. The number of rotatable bonds is 10. The number of aliphatic imine (C=N–C) groups is 1. The lowest BCUT2D eigenvalue weighted by atomic mass is 10.2. The van der Waals surface area contributed by atoms with Crippen LogP contribution in [0.1, 0.15) is 12.0 Å². The van der Waals surface area contributed by atoms with Gasteiger partial charge in [0.25, 0.3) is 0 Å². The number of ether oxygens (including phenoxy) is 1. The highest BCUT2D eigenvalue weighted by Gasteiger charge is 2.06. The monoisotopic (exact) mass is 353 g/mol. The van der Waals surface area contributed by atoms with E-state index in [4.69, 9.17) is 4.74 Å². The van der Waals surface area contributed by atoms with E-state index in [1.807, 2.05) is 20.2 Å². The Kier molecular flexibility index (Phi) is 9.87. The largest absolute Gasteiger partial charge is 0.385 e. The minimum Gasteiger partial charge on any atom is -0.385 e. The molecule has 0 radical (unpaired) electrons. The number of benzene rings is 1. The maximum Gasteiger partial charge on any atom is 0.191 e. The van der Waals surface area contributed by atoms with Crippen molar-refractivity contribution in [3.05, 3.63) is 29.6 Å². The molecule has 0 aliphatic carbocycles. The van der Waals surface area contributed by atoms with Crippen LogP contribution in [0.2, 0.25) is 0 Å². The summed E-state index contributed by atoms with van der Waals surface area (Å²) in [5.74, 6) is 0.493. The van der Waals surface area contributed by atoms with Crippen molar-refractivity contribution in [1.29, 1.82) is 0 Å². The zero-order chi connectivity index (χ0) is 18.7. The van der Waals surface area contributed by atoms with Gasteiger partial charge in [0, 0.05) is 61.0 Å². The summed E-state index contributed by atoms with van der Waals surface area (Å²) in [5, 5.41) is 6.48. The van der Waals surface area contributed by atoms with Crippen LogP contribution < -0.4 is 15.5 Å². The van der Waals surface area contributed by atoms with Crippen LogP contribution in [-0.2, 0) is 11.3 Å². The van der Waals surface area contributed by atoms with Crippen LogP contribution in [-0.4, -0.2) is 72.4 Å². The number of likely N-dealkylation sites (N-methyl/N-ethyl adjacent to an activating group) is 1. The predicted octanol–water partition coefficient (Wildman–Crippen LogP) is 1.53. The second kappa shape index (κ2) is 11.7. The fraction of sp³-hybridized carbons (Fsp3) is 0.611. The van der Waals surface area contributed by atoms with Gasteiger partial charge in [0.15, 0.2) is 5.96 Å². The Balaban J connectivity index is 2.36. The highest BCUT2D eigenvalue weighted by molar-refractivity contribution is 5.79. The molecule has 0 aromatic heterocycles. The van der Waals surface area contributed by atoms with Gasteiger partial charge < -0.3 is 25.2 Å². The van der Waals surface area contributed by atoms with Gasteiger partial charge in [0.2, 0.25) is 0 Å². The molecule has 142 valence electrons. The molecular formula is C18H32FN5O. The van der Waals surface area contributed by atoms with Crippen molar-refractivity contribution in [2.75, 3.05) is 66.4 Å². The van der Waals surface area contributed by atoms with Crippen LogP contribution in [0.4, 0.5) is 10.1 Å². The quantitative estimate of drug-likeness (QED) is 0.380. The number of methoxy groups -OCH3 is 1. The van der Waals surface area contributed by atoms with Gasteiger partial charge in [-0.1, -0.05) is 6.07 Å². The van der Waals surface area contributed by atoms with Crippen molar-refractivity contribution in [3.8, 4) is 0 Å². The second-order valence-electron chi connectivity index (χ2n) is 6.18. The first-order chi connectivity index (χ1) is 12.0. The van der Waals surface area contributed by atoms with E-state index in [0.717, 1.165) is 38.2 Å². The van der Waals surface area contributed by atoms with E-state index in [2.05, 4.69) is 27.6 Å². The van der Waals surface area contributed by atoms with E-state index in [-0.39, 0.29) is 5.82 Å². The Morgan fingerprint density at radius 3 is 2.56 bits per heavy atom. The molecule has 0 bridgehead atoms. The lowest BCUT2D eigenvalue weighted by molar-refractivity contribution is 0.180. The summed E-state index contributed by atoms with van der Waals surface area (Å²) < 4.78 is 19.1. The number of guanidine groups is 1. The minimum absolute atomic E-state index is 0.218. The molecule has 6 nitrogen and oxygen atoms in total. The summed E-state index contributed by atoms with van der Waals surface area (Å²) in [6.07, 6.45) is 1.02. The van der Waals surface area contributed by atoms with Crippen LogP contribution >= 0.6 is 0 Å². The Morgan fingerprint density at radius 1 is 1.20 bits per heavy atom. The molecule has 7 heteroatoms. The fourth-order valence-corrected chi connectivity index (χ4v) is 2.39. The average Bonchev–Trinajstić information content (AvgIpc) is 2.57. The van der Waals surface area contributed by atoms with Crippen LogP contribution in [0.25, 0.3) is 0 Å². The third-order valence-corrected chi connectivity index (χ3v) is 3.85. The number of hydrogen-bond donors (Lipinski definition) is 2. The third kappa shape index (κ3) is 8.18. The fourth-order valence-electron chi connectivity index (χ4n) is 2.39. The molecule has 0 atom stereocenters. The number of anilines is 1. The standard InChI is InChI=1S/C18H32FN5O/c1-20-18(21-9-11-24(4)10-6-12-25-5)22-14-15-7-8-17(23(2)3)16(19)13-15/h7-8,13H,6,9-12,14H2,1-5H3,(H2,20,21,22). The van der Waals surface area contributed by atoms with Crippen molar-refractivity contribution >= 4 is 11.6 Å². The molecule has 2 N–H and O–H groups in total. The molecule has 1 rings (SSSR count). The number of nitrogens with zero attached hydrogens (tertiary/aromatic N) is 3. The maximum atomic E-state index is 14.0. The number of nitrogens with one attached hydrogen (secondary N) is 2. The molecular weight excluding hydrogens is 321 g/mol. The smallest absolute Gasteiger partial charge is 0.191 e. The van der Waals surface area contributed by atoms with E-state index < -0.39 is 0 Å². The minimum atomic E-state index is -0.218. The molecule has 1 aromatic rings. The van der Waals surface area contributed by atoms with E-state index >= 15 is 0 Å². The normalized spacial score (nSPS) is 11.7. The highest BCUT2D eigenvalue weighted by Crippen LogP contribution is 2.18. The molecule has 25 heavy (non-hydrogen) atoms. The topological polar surface area (TPSA) is 52.1 Å². The van der Waals surface area contributed by atoms with Crippen LogP contribution in [0.3, 0.4) is 0 Å². The van der Waals surface area contributed by atoms with Gasteiger partial charge in [0.1, 0.15) is 5.82 Å². The Bertz CT molecular complexity index is 536. The van der Waals surface area contributed by atoms with Crippen LogP contribution in [0.5, 0.6) is 0 Å². The van der Waals surface area contributed by atoms with E-state index in [0.29, 0.717) is 18.2 Å². The van der Waals surface area contributed by atoms with Gasteiger partial charge >= 0.3 is 0 Å². The summed E-state index contributed by atoms with van der Waals surface area (Å²) in [7, 11) is 9.19. The van der Waals surface area contributed by atoms with Gasteiger partial charge in [-0.05, 0) is 31.2 Å². The first-order valence-electron chi connectivity index (χ1n) is 8.55. The molecule has 1 aromatic carbocycles. The van der Waals surface area contributed by atoms with Crippen molar-refractivity contribution in [3.63, 3.8) is 0 Å². The number of hydrogen-bond acceptors (Lipinski definition) is 4. The number of halogens is 1.